The minimum Gasteiger partial charge on any atom is -0.493 e. The Bertz CT molecular complexity index is 415. The van der Waals surface area contributed by atoms with Gasteiger partial charge < -0.3 is 4.74 Å². The van der Waals surface area contributed by atoms with E-state index < -0.39 is 0 Å². The Balaban J connectivity index is 2.42. The highest BCUT2D eigenvalue weighted by molar-refractivity contribution is 5.56. The van der Waals surface area contributed by atoms with Crippen LogP contribution in [-0.4, -0.2) is 6.61 Å². The summed E-state index contributed by atoms with van der Waals surface area (Å²) < 4.78 is 5.62. The fourth-order valence-electron chi connectivity index (χ4n) is 1.60. The largest absolute Gasteiger partial charge is 0.493 e. The maximum absolute atomic E-state index is 5.62. The average Bonchev–Trinajstić information content (AvgIpc) is 2.55. The van der Waals surface area contributed by atoms with Crippen LogP contribution in [-0.2, 0) is 4.74 Å². The highest BCUT2D eigenvalue weighted by Crippen LogP contribution is 2.25. The number of rotatable bonds is 2. The summed E-state index contributed by atoms with van der Waals surface area (Å²) >= 11 is 0. The van der Waals surface area contributed by atoms with Crippen LogP contribution in [0.25, 0.3) is 0 Å². The first-order valence-corrected chi connectivity index (χ1v) is 5.19. The second-order valence-electron chi connectivity index (χ2n) is 3.30. The molecule has 0 amide bonds. The van der Waals surface area contributed by atoms with Crippen molar-refractivity contribution in [1.29, 1.82) is 0 Å². The van der Waals surface area contributed by atoms with Gasteiger partial charge in [0.1, 0.15) is 5.76 Å². The zero-order valence-electron chi connectivity index (χ0n) is 8.81. The van der Waals surface area contributed by atoms with E-state index in [9.17, 15) is 0 Å². The molecular weight excluding hydrogens is 184 g/mol. The van der Waals surface area contributed by atoms with Gasteiger partial charge in [0.25, 0.3) is 0 Å². The van der Waals surface area contributed by atoms with E-state index in [0.29, 0.717) is 6.61 Å². The van der Waals surface area contributed by atoms with E-state index in [1.807, 2.05) is 43.4 Å². The molecule has 0 fully saturated rings. The highest BCUT2D eigenvalue weighted by atomic mass is 16.5. The third kappa shape index (κ3) is 2.18. The van der Waals surface area contributed by atoms with Gasteiger partial charge in [-0.1, -0.05) is 48.6 Å². The van der Waals surface area contributed by atoms with E-state index in [-0.39, 0.29) is 0 Å². The number of fused-ring (bicyclic) bond motifs is 1. The normalized spacial score (nSPS) is 18.3. The van der Waals surface area contributed by atoms with Crippen LogP contribution in [0.3, 0.4) is 0 Å². The Hall–Kier alpha value is -1.76. The lowest BCUT2D eigenvalue weighted by Crippen LogP contribution is -1.97. The third-order valence-corrected chi connectivity index (χ3v) is 2.27. The zero-order chi connectivity index (χ0) is 10.5. The molecule has 2 rings (SSSR count). The second-order valence-corrected chi connectivity index (χ2v) is 3.30. The molecule has 0 unspecified atom stereocenters. The smallest absolute Gasteiger partial charge is 0.127 e. The Labute approximate surface area is 90.4 Å². The number of hydrogen-bond acceptors (Lipinski definition) is 1. The fraction of sp³-hybridized carbons (Fsp3) is 0.143. The second kappa shape index (κ2) is 4.65. The van der Waals surface area contributed by atoms with Gasteiger partial charge in [-0.25, -0.2) is 0 Å². The molecule has 0 bridgehead atoms. The quantitative estimate of drug-likeness (QED) is 0.660. The molecule has 2 aliphatic rings. The van der Waals surface area contributed by atoms with Crippen LogP contribution in [0.1, 0.15) is 6.92 Å². The van der Waals surface area contributed by atoms with Crippen LogP contribution >= 0.6 is 0 Å². The molecule has 0 atom stereocenters. The summed E-state index contributed by atoms with van der Waals surface area (Å²) in [5, 5.41) is 0. The molecule has 0 aliphatic heterocycles. The Morgan fingerprint density at radius 1 is 0.933 bits per heavy atom. The molecule has 0 N–H and O–H groups in total. The van der Waals surface area contributed by atoms with E-state index in [0.717, 1.165) is 11.3 Å². The minimum atomic E-state index is 0.692. The predicted octanol–water partition coefficient (Wildman–Crippen LogP) is 3.46. The summed E-state index contributed by atoms with van der Waals surface area (Å²) in [5.74, 6) is 0.939. The molecule has 0 aromatic heterocycles. The topological polar surface area (TPSA) is 9.23 Å². The van der Waals surface area contributed by atoms with Crippen molar-refractivity contribution in [2.45, 2.75) is 6.92 Å². The molecule has 0 saturated carbocycles. The third-order valence-electron chi connectivity index (χ3n) is 2.27. The summed E-state index contributed by atoms with van der Waals surface area (Å²) in [4.78, 5) is 0. The lowest BCUT2D eigenvalue weighted by Gasteiger charge is -2.11. The minimum absolute atomic E-state index is 0.692. The van der Waals surface area contributed by atoms with Gasteiger partial charge in [0, 0.05) is 5.57 Å². The van der Waals surface area contributed by atoms with Crippen LogP contribution in [0.4, 0.5) is 0 Å². The highest BCUT2D eigenvalue weighted by Gasteiger charge is 2.10. The molecule has 76 valence electrons. The van der Waals surface area contributed by atoms with Crippen molar-refractivity contribution < 1.29 is 4.74 Å². The van der Waals surface area contributed by atoms with Crippen LogP contribution in [0.15, 0.2) is 71.6 Å². The molecule has 0 heterocycles. The van der Waals surface area contributed by atoms with Crippen molar-refractivity contribution in [3.63, 3.8) is 0 Å². The standard InChI is InChI=1S/C14H14O/c1-2-15-14-11-7-6-9-12-8-4-3-5-10-13(12)14/h3-11H,2H2,1H3. The van der Waals surface area contributed by atoms with Crippen molar-refractivity contribution in [2.75, 3.05) is 6.61 Å². The summed E-state index contributed by atoms with van der Waals surface area (Å²) in [7, 11) is 0. The van der Waals surface area contributed by atoms with Crippen LogP contribution in [0.5, 0.6) is 0 Å². The van der Waals surface area contributed by atoms with Crippen molar-refractivity contribution >= 4 is 0 Å². The first-order valence-electron chi connectivity index (χ1n) is 5.19. The zero-order valence-corrected chi connectivity index (χ0v) is 8.81. The van der Waals surface area contributed by atoms with Crippen LogP contribution < -0.4 is 0 Å². The molecule has 0 radical (unpaired) electrons. The molecular formula is C14H14O. The van der Waals surface area contributed by atoms with Gasteiger partial charge in [0.05, 0.1) is 6.61 Å². The van der Waals surface area contributed by atoms with Gasteiger partial charge in [0.15, 0.2) is 0 Å². The van der Waals surface area contributed by atoms with Gasteiger partial charge in [-0.2, -0.15) is 0 Å². The van der Waals surface area contributed by atoms with Crippen molar-refractivity contribution in [2.24, 2.45) is 0 Å². The van der Waals surface area contributed by atoms with Gasteiger partial charge in [-0.15, -0.1) is 0 Å². The van der Waals surface area contributed by atoms with Gasteiger partial charge >= 0.3 is 0 Å². The Kier molecular flexibility index (Phi) is 3.03. The molecule has 15 heavy (non-hydrogen) atoms. The van der Waals surface area contributed by atoms with Crippen LogP contribution in [0, 0.1) is 0 Å². The lowest BCUT2D eigenvalue weighted by molar-refractivity contribution is 0.239. The number of ether oxygens (including phenoxy) is 1. The van der Waals surface area contributed by atoms with Crippen LogP contribution in [0.2, 0.25) is 0 Å². The SMILES string of the molecule is CCOC1=CC=CC=C2C=CC=CC=C21. The molecule has 0 spiro atoms. The van der Waals surface area contributed by atoms with E-state index in [1.165, 1.54) is 5.57 Å². The Morgan fingerprint density at radius 3 is 2.60 bits per heavy atom. The van der Waals surface area contributed by atoms with Gasteiger partial charge in [-0.3, -0.25) is 0 Å². The van der Waals surface area contributed by atoms with Crippen molar-refractivity contribution in [3.8, 4) is 0 Å². The van der Waals surface area contributed by atoms with Crippen molar-refractivity contribution in [1.82, 2.24) is 0 Å². The van der Waals surface area contributed by atoms with E-state index >= 15 is 0 Å². The fourth-order valence-corrected chi connectivity index (χ4v) is 1.60. The Morgan fingerprint density at radius 2 is 1.73 bits per heavy atom. The summed E-state index contributed by atoms with van der Waals surface area (Å²) in [5.41, 5.74) is 2.33. The first kappa shape index (κ1) is 9.78. The van der Waals surface area contributed by atoms with E-state index in [4.69, 9.17) is 4.74 Å². The molecule has 1 heteroatoms. The lowest BCUT2D eigenvalue weighted by atomic mass is 10.0. The van der Waals surface area contributed by atoms with Gasteiger partial charge in [-0.05, 0) is 18.6 Å². The monoisotopic (exact) mass is 198 g/mol. The van der Waals surface area contributed by atoms with Crippen molar-refractivity contribution in [3.05, 3.63) is 71.6 Å². The molecule has 1 nitrogen and oxygen atoms in total. The van der Waals surface area contributed by atoms with Gasteiger partial charge in [0.2, 0.25) is 0 Å². The molecule has 0 aromatic rings. The number of hydrogen-bond donors (Lipinski definition) is 0. The summed E-state index contributed by atoms with van der Waals surface area (Å²) in [6.07, 6.45) is 18.4. The molecule has 2 aliphatic carbocycles. The average molecular weight is 198 g/mol. The van der Waals surface area contributed by atoms with E-state index in [2.05, 4.69) is 18.2 Å². The summed E-state index contributed by atoms with van der Waals surface area (Å²) in [6.45, 7) is 2.69. The summed E-state index contributed by atoms with van der Waals surface area (Å²) in [6, 6.07) is 0. The molecule has 0 saturated heterocycles. The number of allylic oxidation sites excluding steroid dienone is 10. The predicted molar refractivity (Wildman–Crippen MR) is 63.3 cm³/mol. The molecule has 0 aromatic carbocycles. The van der Waals surface area contributed by atoms with E-state index in [1.54, 1.807) is 0 Å². The first-order chi connectivity index (χ1) is 7.42. The maximum Gasteiger partial charge on any atom is 0.127 e. The maximum atomic E-state index is 5.62.